The molecule has 0 fully saturated rings. The predicted octanol–water partition coefficient (Wildman–Crippen LogP) is 3.70. The Morgan fingerprint density at radius 3 is 2.58 bits per heavy atom. The molecule has 0 spiro atoms. The molecule has 0 amide bonds. The van der Waals surface area contributed by atoms with Gasteiger partial charge < -0.3 is 4.74 Å². The smallest absolute Gasteiger partial charge is 0.360 e. The van der Waals surface area contributed by atoms with Gasteiger partial charge in [0, 0.05) is 6.20 Å². The number of halogens is 2. The number of hydrogen-bond acceptors (Lipinski definition) is 7. The van der Waals surface area contributed by atoms with Crippen molar-refractivity contribution in [3.05, 3.63) is 34.4 Å². The number of rotatable bonds is 5. The van der Waals surface area contributed by atoms with E-state index < -0.39 is 32.6 Å². The van der Waals surface area contributed by atoms with Gasteiger partial charge in [0.2, 0.25) is 0 Å². The lowest BCUT2D eigenvalue weighted by atomic mass is 10.2. The van der Waals surface area contributed by atoms with E-state index in [2.05, 4.69) is 9.97 Å². The average molecular weight is 440 g/mol. The van der Waals surface area contributed by atoms with Gasteiger partial charge in [0.1, 0.15) is 15.5 Å². The number of esters is 1. The van der Waals surface area contributed by atoms with Crippen molar-refractivity contribution in [3.8, 4) is 0 Å². The van der Waals surface area contributed by atoms with Crippen LogP contribution in [-0.4, -0.2) is 36.6 Å². The summed E-state index contributed by atoms with van der Waals surface area (Å²) in [6.07, 6.45) is 0.960. The van der Waals surface area contributed by atoms with Crippen LogP contribution < -0.4 is 4.08 Å². The van der Waals surface area contributed by atoms with E-state index in [-0.39, 0.29) is 24.3 Å². The zero-order valence-corrected chi connectivity index (χ0v) is 17.7. The Morgan fingerprint density at radius 2 is 2.04 bits per heavy atom. The van der Waals surface area contributed by atoms with Gasteiger partial charge >= 0.3 is 5.97 Å². The van der Waals surface area contributed by atoms with Crippen LogP contribution in [0.2, 0.25) is 5.15 Å². The van der Waals surface area contributed by atoms with E-state index in [4.69, 9.17) is 16.3 Å². The Labute approximate surface area is 161 Å². The SMILES string of the molecule is CPN(c1scnc1C(=O)OC(C)(C)C)S(=O)(=O)c1cnc(Cl)c(F)c1. The third-order valence-electron chi connectivity index (χ3n) is 2.84. The first kappa shape index (κ1) is 21.0. The minimum Gasteiger partial charge on any atom is -0.455 e. The van der Waals surface area contributed by atoms with E-state index in [9.17, 15) is 17.6 Å². The molecule has 0 saturated carbocycles. The highest BCUT2D eigenvalue weighted by Gasteiger charge is 2.32. The highest BCUT2D eigenvalue weighted by atomic mass is 35.5. The first-order chi connectivity index (χ1) is 12.0. The number of sulfonamides is 1. The lowest BCUT2D eigenvalue weighted by molar-refractivity contribution is 0.00648. The second-order valence-corrected chi connectivity index (χ2v) is 10.1. The fourth-order valence-electron chi connectivity index (χ4n) is 1.83. The van der Waals surface area contributed by atoms with Gasteiger partial charge in [0.15, 0.2) is 16.7 Å². The summed E-state index contributed by atoms with van der Waals surface area (Å²) in [5.41, 5.74) is 0.461. The van der Waals surface area contributed by atoms with Gasteiger partial charge in [0.25, 0.3) is 10.0 Å². The summed E-state index contributed by atoms with van der Waals surface area (Å²) in [5, 5.41) is -0.336. The molecular formula is C14H16ClFN3O4PS2. The number of anilines is 1. The number of thiazole rings is 1. The van der Waals surface area contributed by atoms with Crippen LogP contribution in [0.4, 0.5) is 9.39 Å². The van der Waals surface area contributed by atoms with Gasteiger partial charge in [-0.3, -0.25) is 0 Å². The molecule has 142 valence electrons. The van der Waals surface area contributed by atoms with Gasteiger partial charge in [-0.2, -0.15) is 0 Å². The third-order valence-corrected chi connectivity index (χ3v) is 7.58. The zero-order chi connectivity index (χ0) is 19.7. The molecule has 2 aromatic rings. The summed E-state index contributed by atoms with van der Waals surface area (Å²) in [6.45, 7) is 6.68. The molecule has 2 aromatic heterocycles. The van der Waals surface area contributed by atoms with Gasteiger partial charge in [-0.25, -0.2) is 31.6 Å². The summed E-state index contributed by atoms with van der Waals surface area (Å²) in [5.74, 6) is -1.70. The van der Waals surface area contributed by atoms with Crippen LogP contribution in [0.25, 0.3) is 0 Å². The van der Waals surface area contributed by atoms with Gasteiger partial charge in [-0.15, -0.1) is 11.3 Å². The monoisotopic (exact) mass is 439 g/mol. The standard InChI is InChI=1S/C14H16ClFN3O4PS2/c1-14(2,3)23-13(20)10-12(25-7-18-10)19(24-4)26(21,22)8-5-9(16)11(15)17-6-8/h5-7,24H,1-4H3. The predicted molar refractivity (Wildman–Crippen MR) is 100 cm³/mol. The number of aromatic nitrogens is 2. The Morgan fingerprint density at radius 1 is 1.38 bits per heavy atom. The normalized spacial score (nSPS) is 12.5. The molecule has 1 unspecified atom stereocenters. The molecule has 1 atom stereocenters. The number of carbonyl (C=O) groups excluding carboxylic acids is 1. The maximum absolute atomic E-state index is 13.7. The van der Waals surface area contributed by atoms with Crippen LogP contribution in [0.15, 0.2) is 22.7 Å². The van der Waals surface area contributed by atoms with Crippen LogP contribution >= 0.6 is 31.7 Å². The van der Waals surface area contributed by atoms with Crippen molar-refractivity contribution >= 4 is 52.7 Å². The van der Waals surface area contributed by atoms with Gasteiger partial charge in [-0.1, -0.05) is 11.6 Å². The first-order valence-corrected chi connectivity index (χ1v) is 11.3. The fourth-order valence-corrected chi connectivity index (χ4v) is 5.93. The maximum atomic E-state index is 13.7. The van der Waals surface area contributed by atoms with E-state index in [0.717, 1.165) is 27.7 Å². The van der Waals surface area contributed by atoms with E-state index in [1.165, 1.54) is 5.51 Å². The molecule has 0 radical (unpaired) electrons. The van der Waals surface area contributed by atoms with Crippen molar-refractivity contribution in [2.45, 2.75) is 31.3 Å². The molecular weight excluding hydrogens is 424 g/mol. The van der Waals surface area contributed by atoms with Crippen LogP contribution in [0.1, 0.15) is 31.3 Å². The Kier molecular flexibility index (Phi) is 6.22. The number of carbonyl (C=O) groups is 1. The number of ether oxygens (including phenoxy) is 1. The molecule has 0 aliphatic rings. The van der Waals surface area contributed by atoms with E-state index in [0.29, 0.717) is 0 Å². The molecule has 0 aliphatic carbocycles. The Hall–Kier alpha value is -1.35. The van der Waals surface area contributed by atoms with Crippen molar-refractivity contribution in [1.82, 2.24) is 9.97 Å². The summed E-state index contributed by atoms with van der Waals surface area (Å²) in [6, 6.07) is 0.784. The van der Waals surface area contributed by atoms with Crippen LogP contribution in [0.3, 0.4) is 0 Å². The van der Waals surface area contributed by atoms with Crippen LogP contribution in [0, 0.1) is 5.82 Å². The molecule has 12 heteroatoms. The fraction of sp³-hybridized carbons (Fsp3) is 0.357. The summed E-state index contributed by atoms with van der Waals surface area (Å²) < 4.78 is 45.7. The highest BCUT2D eigenvalue weighted by molar-refractivity contribution is 7.98. The van der Waals surface area contributed by atoms with E-state index in [1.54, 1.807) is 27.4 Å². The van der Waals surface area contributed by atoms with E-state index in [1.807, 2.05) is 0 Å². The minimum absolute atomic E-state index is 0.0930. The third kappa shape index (κ3) is 4.49. The maximum Gasteiger partial charge on any atom is 0.360 e. The number of pyridine rings is 1. The lowest BCUT2D eigenvalue weighted by Crippen LogP contribution is -2.27. The number of hydrogen-bond donors (Lipinski definition) is 0. The molecule has 0 N–H and O–H groups in total. The lowest BCUT2D eigenvalue weighted by Gasteiger charge is -2.23. The topological polar surface area (TPSA) is 89.5 Å². The molecule has 0 aromatic carbocycles. The second-order valence-electron chi connectivity index (χ2n) is 5.94. The van der Waals surface area contributed by atoms with Gasteiger partial charge in [0.05, 0.1) is 5.51 Å². The van der Waals surface area contributed by atoms with Crippen molar-refractivity contribution in [3.63, 3.8) is 0 Å². The quantitative estimate of drug-likeness (QED) is 0.401. The average Bonchev–Trinajstić information content (AvgIpc) is 2.98. The van der Waals surface area contributed by atoms with Crippen LogP contribution in [0.5, 0.6) is 0 Å². The highest BCUT2D eigenvalue weighted by Crippen LogP contribution is 2.38. The van der Waals surface area contributed by atoms with Crippen molar-refractivity contribution in [2.75, 3.05) is 10.7 Å². The largest absolute Gasteiger partial charge is 0.455 e. The summed E-state index contributed by atoms with van der Waals surface area (Å²) in [7, 11) is -4.45. The van der Waals surface area contributed by atoms with Crippen molar-refractivity contribution in [2.24, 2.45) is 0 Å². The summed E-state index contributed by atoms with van der Waals surface area (Å²) in [4.78, 5) is 19.4. The Bertz CT molecular complexity index is 931. The molecule has 26 heavy (non-hydrogen) atoms. The van der Waals surface area contributed by atoms with Gasteiger partial charge in [-0.05, 0) is 42.2 Å². The first-order valence-electron chi connectivity index (χ1n) is 7.18. The molecule has 2 rings (SSSR count). The van der Waals surface area contributed by atoms with Crippen molar-refractivity contribution < 1.29 is 22.3 Å². The Balaban J connectivity index is 2.47. The molecule has 0 bridgehead atoms. The van der Waals surface area contributed by atoms with Crippen LogP contribution in [-0.2, 0) is 14.8 Å². The zero-order valence-electron chi connectivity index (χ0n) is 14.3. The molecule has 2 heterocycles. The number of nitrogens with zero attached hydrogens (tertiary/aromatic N) is 3. The molecule has 0 aliphatic heterocycles. The minimum atomic E-state index is -4.17. The molecule has 7 nitrogen and oxygen atoms in total. The second kappa shape index (κ2) is 7.72. The summed E-state index contributed by atoms with van der Waals surface area (Å²) >= 11 is 6.48. The van der Waals surface area contributed by atoms with E-state index >= 15 is 0 Å². The van der Waals surface area contributed by atoms with Crippen molar-refractivity contribution in [1.29, 1.82) is 0 Å². The molecule has 0 saturated heterocycles.